The molecule has 3 amide bonds. The molecule has 6 atom stereocenters. The van der Waals surface area contributed by atoms with E-state index in [1.807, 2.05) is 57.7 Å². The fourth-order valence-electron chi connectivity index (χ4n) is 7.71. The van der Waals surface area contributed by atoms with Gasteiger partial charge in [0.05, 0.1) is 29.2 Å². The van der Waals surface area contributed by atoms with Crippen LogP contribution in [0.5, 0.6) is 0 Å². The lowest BCUT2D eigenvalue weighted by Crippen LogP contribution is -2.58. The van der Waals surface area contributed by atoms with Gasteiger partial charge in [-0.25, -0.2) is 0 Å². The lowest BCUT2D eigenvalue weighted by Gasteiger charge is -2.41. The highest BCUT2D eigenvalue weighted by molar-refractivity contribution is 8.02. The standard InChI is InChI=1S/C33H47N3O4S/c1-9-17-34(18-10-2)29(38)25-26-30(39)36(24(20-37)21(4)5)28(33(26)16-15-32(25,8)41-33)31(40)35(19-11-3)27-22(6)13-12-14-23(27)7/h9,11-14,21,24-26,28,37H,1,3,10,15-20H2,2,4-8H3/t24-,25-,26-,28?,32+,33?/m0/s1. The molecule has 0 aromatic heterocycles. The summed E-state index contributed by atoms with van der Waals surface area (Å²) in [5, 5.41) is 10.6. The van der Waals surface area contributed by atoms with Crippen LogP contribution in [-0.4, -0.2) is 80.4 Å². The molecule has 8 heteroatoms. The van der Waals surface area contributed by atoms with Crippen molar-refractivity contribution in [2.24, 2.45) is 17.8 Å². The zero-order chi connectivity index (χ0) is 30.3. The smallest absolute Gasteiger partial charge is 0.251 e. The lowest BCUT2D eigenvalue weighted by atomic mass is 9.66. The minimum atomic E-state index is -0.804. The van der Waals surface area contributed by atoms with Gasteiger partial charge in [0.1, 0.15) is 6.04 Å². The topological polar surface area (TPSA) is 81.2 Å². The van der Waals surface area contributed by atoms with Crippen LogP contribution < -0.4 is 4.90 Å². The number of carbonyl (C=O) groups excluding carboxylic acids is 3. The largest absolute Gasteiger partial charge is 0.394 e. The number of aliphatic hydroxyl groups is 1. The number of rotatable bonds is 12. The van der Waals surface area contributed by atoms with Crippen LogP contribution >= 0.6 is 11.8 Å². The first-order chi connectivity index (χ1) is 19.4. The molecule has 1 aromatic carbocycles. The maximum atomic E-state index is 15.0. The average Bonchev–Trinajstić information content (AvgIpc) is 3.48. The van der Waals surface area contributed by atoms with Gasteiger partial charge in [0.15, 0.2) is 0 Å². The number of hydrogen-bond acceptors (Lipinski definition) is 5. The van der Waals surface area contributed by atoms with Crippen molar-refractivity contribution in [3.05, 3.63) is 54.6 Å². The van der Waals surface area contributed by atoms with Gasteiger partial charge in [-0.2, -0.15) is 0 Å². The van der Waals surface area contributed by atoms with Crippen molar-refractivity contribution in [2.75, 3.05) is 31.1 Å². The van der Waals surface area contributed by atoms with E-state index in [4.69, 9.17) is 0 Å². The second kappa shape index (κ2) is 12.0. The fraction of sp³-hybridized carbons (Fsp3) is 0.606. The van der Waals surface area contributed by atoms with E-state index in [9.17, 15) is 19.5 Å². The Bertz CT molecular complexity index is 1200. The van der Waals surface area contributed by atoms with E-state index < -0.39 is 33.4 Å². The molecule has 2 unspecified atom stereocenters. The van der Waals surface area contributed by atoms with Gasteiger partial charge in [-0.15, -0.1) is 24.9 Å². The van der Waals surface area contributed by atoms with Crippen molar-refractivity contribution in [1.82, 2.24) is 9.80 Å². The molecule has 7 nitrogen and oxygen atoms in total. The van der Waals surface area contributed by atoms with Crippen molar-refractivity contribution in [1.29, 1.82) is 0 Å². The molecule has 0 aliphatic carbocycles. The first-order valence-electron chi connectivity index (χ1n) is 14.9. The Morgan fingerprint density at radius 1 is 1.15 bits per heavy atom. The van der Waals surface area contributed by atoms with E-state index in [1.54, 1.807) is 33.7 Å². The van der Waals surface area contributed by atoms with Crippen molar-refractivity contribution >= 4 is 35.2 Å². The van der Waals surface area contributed by atoms with Crippen molar-refractivity contribution in [3.8, 4) is 0 Å². The van der Waals surface area contributed by atoms with Crippen LogP contribution in [0.2, 0.25) is 0 Å². The molecule has 0 radical (unpaired) electrons. The number of anilines is 1. The number of aliphatic hydroxyl groups excluding tert-OH is 1. The molecular formula is C33H47N3O4S. The SMILES string of the molecule is C=CCN(CCC)C(=O)[C@@H]1[C@H]2C(=O)N([C@@H](CO)C(C)C)C(C(=O)N(CC=C)c3c(C)cccc3C)C23CC[C@@]1(C)S3. The third-order valence-corrected chi connectivity index (χ3v) is 11.5. The maximum absolute atomic E-state index is 15.0. The van der Waals surface area contributed by atoms with Gasteiger partial charge >= 0.3 is 0 Å². The Balaban J connectivity index is 1.89. The lowest BCUT2D eigenvalue weighted by molar-refractivity contribution is -0.147. The van der Waals surface area contributed by atoms with E-state index >= 15 is 0 Å². The predicted molar refractivity (Wildman–Crippen MR) is 167 cm³/mol. The highest BCUT2D eigenvalue weighted by Crippen LogP contribution is 2.72. The molecule has 1 aromatic rings. The number of para-hydroxylation sites is 1. The van der Waals surface area contributed by atoms with Gasteiger partial charge in [-0.05, 0) is 57.1 Å². The monoisotopic (exact) mass is 581 g/mol. The van der Waals surface area contributed by atoms with Gasteiger partial charge in [0.2, 0.25) is 11.8 Å². The van der Waals surface area contributed by atoms with Crippen LogP contribution in [0.1, 0.15) is 58.1 Å². The number of aryl methyl sites for hydroxylation is 2. The van der Waals surface area contributed by atoms with Gasteiger partial charge in [0, 0.05) is 30.1 Å². The number of hydrogen-bond donors (Lipinski definition) is 1. The van der Waals surface area contributed by atoms with Crippen LogP contribution in [0.3, 0.4) is 0 Å². The molecular weight excluding hydrogens is 534 g/mol. The second-order valence-corrected chi connectivity index (χ2v) is 14.4. The molecule has 3 heterocycles. The summed E-state index contributed by atoms with van der Waals surface area (Å²) in [6.45, 7) is 20.9. The molecule has 3 aliphatic rings. The van der Waals surface area contributed by atoms with E-state index in [0.29, 0.717) is 26.1 Å². The molecule has 4 rings (SSSR count). The molecule has 224 valence electrons. The van der Waals surface area contributed by atoms with E-state index in [-0.39, 0.29) is 30.2 Å². The molecule has 1 spiro atoms. The third-order valence-electron chi connectivity index (χ3n) is 9.47. The summed E-state index contributed by atoms with van der Waals surface area (Å²) < 4.78 is -1.21. The summed E-state index contributed by atoms with van der Waals surface area (Å²) in [5.74, 6) is -1.63. The van der Waals surface area contributed by atoms with Crippen molar-refractivity contribution in [3.63, 3.8) is 0 Å². The van der Waals surface area contributed by atoms with E-state index in [2.05, 4.69) is 20.1 Å². The summed E-state index contributed by atoms with van der Waals surface area (Å²) in [4.78, 5) is 49.1. The average molecular weight is 582 g/mol. The van der Waals surface area contributed by atoms with Crippen LogP contribution in [0.4, 0.5) is 5.69 Å². The van der Waals surface area contributed by atoms with Gasteiger partial charge < -0.3 is 19.8 Å². The Hall–Kier alpha value is -2.58. The number of fused-ring (bicyclic) bond motifs is 1. The molecule has 3 saturated heterocycles. The van der Waals surface area contributed by atoms with E-state index in [1.165, 1.54) is 0 Å². The fourth-order valence-corrected chi connectivity index (χ4v) is 10.0. The van der Waals surface area contributed by atoms with E-state index in [0.717, 1.165) is 29.7 Å². The molecule has 1 N–H and O–H groups in total. The van der Waals surface area contributed by atoms with Crippen LogP contribution in [0, 0.1) is 31.6 Å². The molecule has 0 saturated carbocycles. The quantitative estimate of drug-likeness (QED) is 0.361. The summed E-state index contributed by atoms with van der Waals surface area (Å²) in [6.07, 6.45) is 5.68. The van der Waals surface area contributed by atoms with Gasteiger partial charge in [-0.1, -0.05) is 51.1 Å². The van der Waals surface area contributed by atoms with Crippen LogP contribution in [0.15, 0.2) is 43.5 Å². The Morgan fingerprint density at radius 3 is 2.32 bits per heavy atom. The number of benzene rings is 1. The summed E-state index contributed by atoms with van der Waals surface area (Å²) >= 11 is 1.67. The van der Waals surface area contributed by atoms with Gasteiger partial charge in [-0.3, -0.25) is 14.4 Å². The second-order valence-electron chi connectivity index (χ2n) is 12.5. The Morgan fingerprint density at radius 2 is 1.78 bits per heavy atom. The number of thioether (sulfide) groups is 1. The first kappa shape index (κ1) is 31.4. The highest BCUT2D eigenvalue weighted by atomic mass is 32.2. The number of carbonyl (C=O) groups is 3. The molecule has 3 aliphatic heterocycles. The zero-order valence-corrected chi connectivity index (χ0v) is 26.4. The molecule has 3 fully saturated rings. The molecule has 41 heavy (non-hydrogen) atoms. The third kappa shape index (κ3) is 4.95. The van der Waals surface area contributed by atoms with Gasteiger partial charge in [0.25, 0.3) is 5.91 Å². The summed E-state index contributed by atoms with van der Waals surface area (Å²) in [5.41, 5.74) is 2.76. The van der Waals surface area contributed by atoms with Crippen molar-refractivity contribution < 1.29 is 19.5 Å². The zero-order valence-electron chi connectivity index (χ0n) is 25.6. The Kier molecular flexibility index (Phi) is 9.15. The first-order valence-corrected chi connectivity index (χ1v) is 15.8. The number of likely N-dealkylation sites (tertiary alicyclic amines) is 1. The van der Waals surface area contributed by atoms with Crippen LogP contribution in [0.25, 0.3) is 0 Å². The summed E-state index contributed by atoms with van der Waals surface area (Å²) in [6, 6.07) is 4.61. The summed E-state index contributed by atoms with van der Waals surface area (Å²) in [7, 11) is 0. The maximum Gasteiger partial charge on any atom is 0.251 e. The highest BCUT2D eigenvalue weighted by Gasteiger charge is 2.78. The number of amides is 3. The van der Waals surface area contributed by atoms with Crippen LogP contribution in [-0.2, 0) is 14.4 Å². The normalized spacial score (nSPS) is 29.0. The Labute approximate surface area is 250 Å². The predicted octanol–water partition coefficient (Wildman–Crippen LogP) is 4.75. The van der Waals surface area contributed by atoms with Crippen molar-refractivity contribution in [2.45, 2.75) is 82.4 Å². The minimum Gasteiger partial charge on any atom is -0.394 e. The molecule has 2 bridgehead atoms. The minimum absolute atomic E-state index is 0.0301. The number of nitrogens with zero attached hydrogens (tertiary/aromatic N) is 3.